The minimum absolute atomic E-state index is 0.126. The Morgan fingerprint density at radius 2 is 1.97 bits per heavy atom. The Bertz CT molecular complexity index is 997. The number of nitrogens with zero attached hydrogens (tertiary/aromatic N) is 4. The predicted molar refractivity (Wildman–Crippen MR) is 117 cm³/mol. The van der Waals surface area contributed by atoms with Gasteiger partial charge in [-0.05, 0) is 43.0 Å². The van der Waals surface area contributed by atoms with Crippen LogP contribution in [-0.4, -0.2) is 45.8 Å². The van der Waals surface area contributed by atoms with E-state index in [1.807, 2.05) is 47.4 Å². The number of anilines is 1. The molecule has 2 amide bonds. The van der Waals surface area contributed by atoms with Gasteiger partial charge in [0, 0.05) is 25.2 Å². The fourth-order valence-corrected chi connectivity index (χ4v) is 3.48. The lowest BCUT2D eigenvalue weighted by Crippen LogP contribution is -2.40. The van der Waals surface area contributed by atoms with Gasteiger partial charge in [-0.3, -0.25) is 4.98 Å². The van der Waals surface area contributed by atoms with Crippen molar-refractivity contribution in [2.45, 2.75) is 32.6 Å². The third-order valence-electron chi connectivity index (χ3n) is 5.17. The SMILES string of the molecule is CC(C)COc1ccccc1NC(=O)N1CCC(c2nc(-c3ccccn3)no2)CC1. The molecule has 8 heteroatoms. The van der Waals surface area contributed by atoms with Crippen molar-refractivity contribution in [1.82, 2.24) is 20.0 Å². The highest BCUT2D eigenvalue weighted by Gasteiger charge is 2.28. The van der Waals surface area contributed by atoms with Crippen molar-refractivity contribution in [3.05, 3.63) is 54.6 Å². The highest BCUT2D eigenvalue weighted by molar-refractivity contribution is 5.91. The van der Waals surface area contributed by atoms with Crippen LogP contribution in [0.3, 0.4) is 0 Å². The zero-order valence-corrected chi connectivity index (χ0v) is 17.8. The number of para-hydroxylation sites is 2. The first-order chi connectivity index (χ1) is 15.1. The summed E-state index contributed by atoms with van der Waals surface area (Å²) in [7, 11) is 0. The molecule has 1 saturated heterocycles. The molecule has 0 spiro atoms. The fraction of sp³-hybridized carbons (Fsp3) is 0.391. The number of likely N-dealkylation sites (tertiary alicyclic amines) is 1. The van der Waals surface area contributed by atoms with Crippen LogP contribution in [0.1, 0.15) is 38.5 Å². The molecule has 0 bridgehead atoms. The Morgan fingerprint density at radius 3 is 2.71 bits per heavy atom. The maximum atomic E-state index is 12.8. The molecular weight excluding hydrogens is 394 g/mol. The second-order valence-corrected chi connectivity index (χ2v) is 8.06. The standard InChI is InChI=1S/C23H27N5O3/c1-16(2)15-30-20-9-4-3-7-18(20)25-23(29)28-13-10-17(11-14-28)22-26-21(27-31-22)19-8-5-6-12-24-19/h3-9,12,16-17H,10-11,13-15H2,1-2H3,(H,25,29). The molecule has 8 nitrogen and oxygen atoms in total. The molecule has 1 aromatic carbocycles. The number of carbonyl (C=O) groups excluding carboxylic acids is 1. The van der Waals surface area contributed by atoms with E-state index in [0.29, 0.717) is 54.5 Å². The van der Waals surface area contributed by atoms with E-state index in [4.69, 9.17) is 9.26 Å². The number of benzene rings is 1. The maximum Gasteiger partial charge on any atom is 0.321 e. The molecule has 31 heavy (non-hydrogen) atoms. The number of urea groups is 1. The summed E-state index contributed by atoms with van der Waals surface area (Å²) >= 11 is 0. The summed E-state index contributed by atoms with van der Waals surface area (Å²) < 4.78 is 11.3. The first-order valence-electron chi connectivity index (χ1n) is 10.6. The van der Waals surface area contributed by atoms with Crippen molar-refractivity contribution >= 4 is 11.7 Å². The minimum atomic E-state index is -0.126. The largest absolute Gasteiger partial charge is 0.491 e. The zero-order chi connectivity index (χ0) is 21.6. The Labute approximate surface area is 181 Å². The van der Waals surface area contributed by atoms with Gasteiger partial charge < -0.3 is 19.5 Å². The molecular formula is C23H27N5O3. The van der Waals surface area contributed by atoms with Crippen LogP contribution in [0, 0.1) is 5.92 Å². The lowest BCUT2D eigenvalue weighted by Gasteiger charge is -2.30. The number of ether oxygens (including phenoxy) is 1. The monoisotopic (exact) mass is 421 g/mol. The molecule has 1 N–H and O–H groups in total. The maximum absolute atomic E-state index is 12.8. The number of amides is 2. The van der Waals surface area contributed by atoms with Crippen LogP contribution < -0.4 is 10.1 Å². The van der Waals surface area contributed by atoms with Gasteiger partial charge in [0.05, 0.1) is 12.3 Å². The van der Waals surface area contributed by atoms with Crippen LogP contribution in [0.5, 0.6) is 5.75 Å². The lowest BCUT2D eigenvalue weighted by atomic mass is 9.97. The molecule has 0 atom stereocenters. The molecule has 0 aliphatic carbocycles. The molecule has 4 rings (SSSR count). The summed E-state index contributed by atoms with van der Waals surface area (Å²) in [4.78, 5) is 23.4. The molecule has 2 aromatic heterocycles. The second kappa shape index (κ2) is 9.59. The number of piperidine rings is 1. The topological polar surface area (TPSA) is 93.4 Å². The van der Waals surface area contributed by atoms with E-state index in [1.165, 1.54) is 0 Å². The molecule has 0 radical (unpaired) electrons. The Hall–Kier alpha value is -3.42. The van der Waals surface area contributed by atoms with Crippen molar-refractivity contribution in [2.24, 2.45) is 5.92 Å². The van der Waals surface area contributed by atoms with Crippen molar-refractivity contribution in [1.29, 1.82) is 0 Å². The number of carbonyl (C=O) groups is 1. The average molecular weight is 422 g/mol. The molecule has 1 fully saturated rings. The van der Waals surface area contributed by atoms with Crippen molar-refractivity contribution < 1.29 is 14.1 Å². The number of rotatable bonds is 6. The van der Waals surface area contributed by atoms with E-state index >= 15 is 0 Å². The highest BCUT2D eigenvalue weighted by Crippen LogP contribution is 2.29. The van der Waals surface area contributed by atoms with E-state index in [1.54, 1.807) is 6.20 Å². The number of nitrogens with one attached hydrogen (secondary N) is 1. The van der Waals surface area contributed by atoms with Gasteiger partial charge in [-0.25, -0.2) is 4.79 Å². The van der Waals surface area contributed by atoms with Crippen molar-refractivity contribution in [3.63, 3.8) is 0 Å². The molecule has 162 valence electrons. The van der Waals surface area contributed by atoms with Gasteiger partial charge in [0.25, 0.3) is 0 Å². The van der Waals surface area contributed by atoms with Gasteiger partial charge in [-0.1, -0.05) is 37.2 Å². The zero-order valence-electron chi connectivity index (χ0n) is 17.8. The van der Waals surface area contributed by atoms with E-state index in [0.717, 1.165) is 12.8 Å². The fourth-order valence-electron chi connectivity index (χ4n) is 3.48. The Morgan fingerprint density at radius 1 is 1.19 bits per heavy atom. The first-order valence-corrected chi connectivity index (χ1v) is 10.6. The van der Waals surface area contributed by atoms with Crippen molar-refractivity contribution in [2.75, 3.05) is 25.0 Å². The normalized spacial score (nSPS) is 14.6. The predicted octanol–water partition coefficient (Wildman–Crippen LogP) is 4.58. The van der Waals surface area contributed by atoms with Crippen LogP contribution in [-0.2, 0) is 0 Å². The summed E-state index contributed by atoms with van der Waals surface area (Å²) in [6.45, 7) is 6.02. The second-order valence-electron chi connectivity index (χ2n) is 8.06. The van der Waals surface area contributed by atoms with E-state index in [2.05, 4.69) is 34.3 Å². The van der Waals surface area contributed by atoms with E-state index < -0.39 is 0 Å². The number of hydrogen-bond donors (Lipinski definition) is 1. The van der Waals surface area contributed by atoms with Gasteiger partial charge in [0.1, 0.15) is 11.4 Å². The van der Waals surface area contributed by atoms with E-state index in [-0.39, 0.29) is 11.9 Å². The first kappa shape index (κ1) is 20.8. The number of aromatic nitrogens is 3. The van der Waals surface area contributed by atoms with Gasteiger partial charge in [0.15, 0.2) is 0 Å². The van der Waals surface area contributed by atoms with Crippen LogP contribution in [0.15, 0.2) is 53.2 Å². The molecule has 1 aliphatic heterocycles. The Kier molecular flexibility index (Phi) is 6.45. The lowest BCUT2D eigenvalue weighted by molar-refractivity contribution is 0.187. The molecule has 3 heterocycles. The molecule has 1 aliphatic rings. The summed E-state index contributed by atoms with van der Waals surface area (Å²) in [5, 5.41) is 7.04. The third kappa shape index (κ3) is 5.20. The quantitative estimate of drug-likeness (QED) is 0.626. The van der Waals surface area contributed by atoms with Crippen LogP contribution in [0.25, 0.3) is 11.5 Å². The van der Waals surface area contributed by atoms with Crippen LogP contribution in [0.4, 0.5) is 10.5 Å². The third-order valence-corrected chi connectivity index (χ3v) is 5.17. The molecule has 0 unspecified atom stereocenters. The van der Waals surface area contributed by atoms with Crippen molar-refractivity contribution in [3.8, 4) is 17.3 Å². The van der Waals surface area contributed by atoms with Gasteiger partial charge in [0.2, 0.25) is 11.7 Å². The smallest absolute Gasteiger partial charge is 0.321 e. The summed E-state index contributed by atoms with van der Waals surface area (Å²) in [6.07, 6.45) is 3.24. The van der Waals surface area contributed by atoms with Crippen LogP contribution >= 0.6 is 0 Å². The highest BCUT2D eigenvalue weighted by atomic mass is 16.5. The number of hydrogen-bond acceptors (Lipinski definition) is 6. The molecule has 0 saturated carbocycles. The van der Waals surface area contributed by atoms with Gasteiger partial charge in [-0.15, -0.1) is 0 Å². The van der Waals surface area contributed by atoms with E-state index in [9.17, 15) is 4.79 Å². The van der Waals surface area contributed by atoms with Gasteiger partial charge in [-0.2, -0.15) is 4.98 Å². The Balaban J connectivity index is 1.33. The average Bonchev–Trinajstić information content (AvgIpc) is 3.29. The molecule has 3 aromatic rings. The summed E-state index contributed by atoms with van der Waals surface area (Å²) in [5.41, 5.74) is 1.37. The van der Waals surface area contributed by atoms with Crippen LogP contribution in [0.2, 0.25) is 0 Å². The number of pyridine rings is 1. The van der Waals surface area contributed by atoms with Gasteiger partial charge >= 0.3 is 6.03 Å². The minimum Gasteiger partial charge on any atom is -0.491 e. The summed E-state index contributed by atoms with van der Waals surface area (Å²) in [5.74, 6) is 2.33. The summed E-state index contributed by atoms with van der Waals surface area (Å²) in [6, 6.07) is 13.0.